The second-order valence-corrected chi connectivity index (χ2v) is 7.08. The zero-order chi connectivity index (χ0) is 19.7. The van der Waals surface area contributed by atoms with Crippen LogP contribution in [0.1, 0.15) is 11.3 Å². The molecular weight excluding hydrogens is 356 g/mol. The number of benzene rings is 1. The summed E-state index contributed by atoms with van der Waals surface area (Å²) in [5.41, 5.74) is 5.86. The number of hydrogen-bond acceptors (Lipinski definition) is 6. The third-order valence-corrected chi connectivity index (χ3v) is 5.22. The van der Waals surface area contributed by atoms with Crippen molar-refractivity contribution in [1.29, 1.82) is 0 Å². The molecule has 3 aromatic rings. The third kappa shape index (κ3) is 3.43. The maximum absolute atomic E-state index is 9.17. The van der Waals surface area contributed by atoms with E-state index in [1.807, 2.05) is 13.1 Å². The molecule has 0 amide bonds. The van der Waals surface area contributed by atoms with Gasteiger partial charge in [0.2, 0.25) is 0 Å². The highest BCUT2D eigenvalue weighted by atomic mass is 16.5. The van der Waals surface area contributed by atoms with E-state index < -0.39 is 0 Å². The molecule has 1 aliphatic heterocycles. The van der Waals surface area contributed by atoms with Crippen LogP contribution < -0.4 is 9.64 Å². The molecule has 0 unspecified atom stereocenters. The summed E-state index contributed by atoms with van der Waals surface area (Å²) in [6.07, 6.45) is 1.94. The van der Waals surface area contributed by atoms with Gasteiger partial charge < -0.3 is 19.5 Å². The van der Waals surface area contributed by atoms with Crippen molar-refractivity contribution < 1.29 is 14.6 Å². The predicted octanol–water partition coefficient (Wildman–Crippen LogP) is 2.55. The number of fused-ring (bicyclic) bond motifs is 1. The van der Waals surface area contributed by atoms with Crippen molar-refractivity contribution in [2.45, 2.75) is 20.4 Å². The smallest absolute Gasteiger partial charge is 0.147 e. The van der Waals surface area contributed by atoms with Crippen molar-refractivity contribution in [2.75, 3.05) is 44.9 Å². The Bertz CT molecular complexity index is 993. The second-order valence-electron chi connectivity index (χ2n) is 7.08. The largest absolute Gasteiger partial charge is 0.494 e. The van der Waals surface area contributed by atoms with Gasteiger partial charge in [-0.25, -0.2) is 4.98 Å². The van der Waals surface area contributed by atoms with Crippen LogP contribution in [-0.4, -0.2) is 59.9 Å². The first kappa shape index (κ1) is 18.7. The first-order valence-electron chi connectivity index (χ1n) is 9.58. The SMILES string of the molecule is COc1cc(N2CCOCC2)cc2c(C)cc(-c3cn(CCO)nc3C)nc12. The van der Waals surface area contributed by atoms with Gasteiger partial charge in [-0.15, -0.1) is 0 Å². The number of aryl methyl sites for hydroxylation is 2. The molecule has 1 aliphatic rings. The van der Waals surface area contributed by atoms with Crippen LogP contribution >= 0.6 is 0 Å². The number of pyridine rings is 1. The number of hydrogen-bond donors (Lipinski definition) is 1. The van der Waals surface area contributed by atoms with E-state index in [4.69, 9.17) is 14.5 Å². The van der Waals surface area contributed by atoms with E-state index in [-0.39, 0.29) is 6.61 Å². The highest BCUT2D eigenvalue weighted by Crippen LogP contribution is 2.35. The van der Waals surface area contributed by atoms with Crippen molar-refractivity contribution in [3.8, 4) is 17.0 Å². The number of aromatic nitrogens is 3. The summed E-state index contributed by atoms with van der Waals surface area (Å²) in [4.78, 5) is 7.23. The number of nitrogens with zero attached hydrogens (tertiary/aromatic N) is 4. The summed E-state index contributed by atoms with van der Waals surface area (Å²) >= 11 is 0. The van der Waals surface area contributed by atoms with Gasteiger partial charge in [-0.05, 0) is 31.5 Å². The molecule has 0 radical (unpaired) electrons. The lowest BCUT2D eigenvalue weighted by Gasteiger charge is -2.29. The van der Waals surface area contributed by atoms with Gasteiger partial charge >= 0.3 is 0 Å². The van der Waals surface area contributed by atoms with Crippen LogP contribution in [0.15, 0.2) is 24.4 Å². The molecule has 0 aliphatic carbocycles. The summed E-state index contributed by atoms with van der Waals surface area (Å²) in [6.45, 7) is 7.83. The van der Waals surface area contributed by atoms with Crippen molar-refractivity contribution >= 4 is 16.6 Å². The van der Waals surface area contributed by atoms with E-state index >= 15 is 0 Å². The molecule has 0 saturated carbocycles. The average Bonchev–Trinajstić information content (AvgIpc) is 3.08. The molecule has 0 atom stereocenters. The van der Waals surface area contributed by atoms with Crippen LogP contribution in [0.5, 0.6) is 5.75 Å². The van der Waals surface area contributed by atoms with Crippen molar-refractivity contribution in [1.82, 2.24) is 14.8 Å². The fraction of sp³-hybridized carbons (Fsp3) is 0.429. The highest BCUT2D eigenvalue weighted by Gasteiger charge is 2.18. The maximum atomic E-state index is 9.17. The molecule has 2 aromatic heterocycles. The monoisotopic (exact) mass is 382 g/mol. The van der Waals surface area contributed by atoms with E-state index in [0.29, 0.717) is 6.54 Å². The molecule has 4 rings (SSSR count). The fourth-order valence-electron chi connectivity index (χ4n) is 3.73. The molecule has 3 heterocycles. The van der Waals surface area contributed by atoms with Crippen LogP contribution in [0, 0.1) is 13.8 Å². The Morgan fingerprint density at radius 3 is 2.68 bits per heavy atom. The summed E-state index contributed by atoms with van der Waals surface area (Å²) in [7, 11) is 1.69. The summed E-state index contributed by atoms with van der Waals surface area (Å²) in [5.74, 6) is 0.768. The Morgan fingerprint density at radius 1 is 1.18 bits per heavy atom. The fourth-order valence-corrected chi connectivity index (χ4v) is 3.73. The van der Waals surface area contributed by atoms with Crippen molar-refractivity contribution in [3.05, 3.63) is 35.7 Å². The van der Waals surface area contributed by atoms with E-state index in [0.717, 1.165) is 71.2 Å². The van der Waals surface area contributed by atoms with Gasteiger partial charge in [0, 0.05) is 42.0 Å². The summed E-state index contributed by atoms with van der Waals surface area (Å²) in [6, 6.07) is 6.35. The summed E-state index contributed by atoms with van der Waals surface area (Å²) in [5, 5.41) is 14.7. The first-order chi connectivity index (χ1) is 13.6. The van der Waals surface area contributed by atoms with Gasteiger partial charge in [-0.3, -0.25) is 4.68 Å². The first-order valence-corrected chi connectivity index (χ1v) is 9.58. The lowest BCUT2D eigenvalue weighted by molar-refractivity contribution is 0.122. The zero-order valence-corrected chi connectivity index (χ0v) is 16.6. The Morgan fingerprint density at radius 2 is 1.96 bits per heavy atom. The van der Waals surface area contributed by atoms with Crippen LogP contribution in [-0.2, 0) is 11.3 Å². The molecule has 148 valence electrons. The Labute approximate surface area is 164 Å². The van der Waals surface area contributed by atoms with Gasteiger partial charge in [0.25, 0.3) is 0 Å². The number of anilines is 1. The topological polar surface area (TPSA) is 72.6 Å². The third-order valence-electron chi connectivity index (χ3n) is 5.22. The van der Waals surface area contributed by atoms with E-state index in [9.17, 15) is 5.11 Å². The number of ether oxygens (including phenoxy) is 2. The van der Waals surface area contributed by atoms with Gasteiger partial charge in [0.1, 0.15) is 11.3 Å². The molecule has 28 heavy (non-hydrogen) atoms. The van der Waals surface area contributed by atoms with Crippen LogP contribution in [0.2, 0.25) is 0 Å². The van der Waals surface area contributed by atoms with Crippen LogP contribution in [0.3, 0.4) is 0 Å². The van der Waals surface area contributed by atoms with Crippen molar-refractivity contribution in [3.63, 3.8) is 0 Å². The zero-order valence-electron chi connectivity index (χ0n) is 16.6. The van der Waals surface area contributed by atoms with E-state index in [2.05, 4.69) is 35.1 Å². The van der Waals surface area contributed by atoms with Crippen molar-refractivity contribution in [2.24, 2.45) is 0 Å². The minimum absolute atomic E-state index is 0.0584. The van der Waals surface area contributed by atoms with Gasteiger partial charge in [0.15, 0.2) is 0 Å². The Kier molecular flexibility index (Phi) is 5.19. The second kappa shape index (κ2) is 7.77. The molecule has 0 spiro atoms. The lowest BCUT2D eigenvalue weighted by atomic mass is 10.0. The molecule has 1 fully saturated rings. The maximum Gasteiger partial charge on any atom is 0.147 e. The number of methoxy groups -OCH3 is 1. The summed E-state index contributed by atoms with van der Waals surface area (Å²) < 4.78 is 12.9. The average molecular weight is 382 g/mol. The molecule has 7 heteroatoms. The molecule has 1 aromatic carbocycles. The van der Waals surface area contributed by atoms with E-state index in [1.165, 1.54) is 0 Å². The number of rotatable bonds is 5. The van der Waals surface area contributed by atoms with Crippen LogP contribution in [0.25, 0.3) is 22.2 Å². The minimum atomic E-state index is 0.0584. The lowest BCUT2D eigenvalue weighted by Crippen LogP contribution is -2.36. The predicted molar refractivity (Wildman–Crippen MR) is 109 cm³/mol. The standard InChI is InChI=1S/C21H26N4O3/c1-14-10-19(18-13-25(4-7-26)23-15(18)2)22-21-17(14)11-16(12-20(21)27-3)24-5-8-28-9-6-24/h10-13,26H,4-9H2,1-3H3. The van der Waals surface area contributed by atoms with Crippen LogP contribution in [0.4, 0.5) is 5.69 Å². The Hall–Kier alpha value is -2.64. The van der Waals surface area contributed by atoms with Gasteiger partial charge in [-0.1, -0.05) is 0 Å². The Balaban J connectivity index is 1.82. The van der Waals surface area contributed by atoms with Gasteiger partial charge in [-0.2, -0.15) is 5.10 Å². The highest BCUT2D eigenvalue weighted by molar-refractivity contribution is 5.93. The quantitative estimate of drug-likeness (QED) is 0.731. The molecule has 1 saturated heterocycles. The molecule has 7 nitrogen and oxygen atoms in total. The molecule has 1 N–H and O–H groups in total. The molecular formula is C21H26N4O3. The number of aliphatic hydroxyl groups is 1. The minimum Gasteiger partial charge on any atom is -0.494 e. The van der Waals surface area contributed by atoms with Gasteiger partial charge in [0.05, 0.1) is 44.9 Å². The van der Waals surface area contributed by atoms with E-state index in [1.54, 1.807) is 11.8 Å². The molecule has 0 bridgehead atoms. The number of morpholine rings is 1. The number of aliphatic hydroxyl groups excluding tert-OH is 1. The normalized spacial score (nSPS) is 14.6.